The molecule has 5 N–H and O–H groups in total. The summed E-state index contributed by atoms with van der Waals surface area (Å²) in [7, 11) is 0. The van der Waals surface area contributed by atoms with E-state index in [1.165, 1.54) is 18.5 Å². The number of nitrogens with two attached hydrogens (primary N) is 1. The average molecular weight is 360 g/mol. The fourth-order valence-electron chi connectivity index (χ4n) is 3.16. The van der Waals surface area contributed by atoms with Crippen LogP contribution in [-0.2, 0) is 6.42 Å². The van der Waals surface area contributed by atoms with Crippen molar-refractivity contribution >= 4 is 17.3 Å². The average Bonchev–Trinajstić information content (AvgIpc) is 2.60. The topological polar surface area (TPSA) is 99.7 Å². The highest BCUT2D eigenvalue weighted by molar-refractivity contribution is 6.06. The van der Waals surface area contributed by atoms with Gasteiger partial charge in [0.1, 0.15) is 29.6 Å². The van der Waals surface area contributed by atoms with Crippen LogP contribution in [0, 0.1) is 23.0 Å². The van der Waals surface area contributed by atoms with Gasteiger partial charge in [0.2, 0.25) is 0 Å². The van der Waals surface area contributed by atoms with Crippen LogP contribution in [-0.4, -0.2) is 35.3 Å². The smallest absolute Gasteiger partial charge is 0.140 e. The van der Waals surface area contributed by atoms with E-state index in [4.69, 9.17) is 11.1 Å². The summed E-state index contributed by atoms with van der Waals surface area (Å²) in [4.78, 5) is 8.17. The number of nitrogens with zero attached hydrogens (tertiary/aromatic N) is 2. The largest absolute Gasteiger partial charge is 0.383 e. The lowest BCUT2D eigenvalue weighted by Gasteiger charge is -2.23. The molecule has 0 aliphatic carbocycles. The summed E-state index contributed by atoms with van der Waals surface area (Å²) in [6.07, 6.45) is 3.53. The molecule has 0 unspecified atom stereocenters. The van der Waals surface area contributed by atoms with Gasteiger partial charge in [0, 0.05) is 19.0 Å². The number of aromatic nitrogens is 2. The van der Waals surface area contributed by atoms with Crippen LogP contribution in [0.3, 0.4) is 0 Å². The molecule has 8 heteroatoms. The fourth-order valence-corrected chi connectivity index (χ4v) is 3.16. The molecule has 1 aromatic carbocycles. The molecule has 6 nitrogen and oxygen atoms in total. The van der Waals surface area contributed by atoms with Crippen LogP contribution in [0.2, 0.25) is 0 Å². The van der Waals surface area contributed by atoms with Crippen LogP contribution in [0.1, 0.15) is 24.0 Å². The first-order chi connectivity index (χ1) is 12.5. The Morgan fingerprint density at radius 1 is 1.19 bits per heavy atom. The van der Waals surface area contributed by atoms with Crippen molar-refractivity contribution in [2.75, 3.05) is 30.7 Å². The highest BCUT2D eigenvalue weighted by Gasteiger charge is 2.18. The molecule has 138 valence electrons. The van der Waals surface area contributed by atoms with Crippen molar-refractivity contribution < 1.29 is 8.78 Å². The molecule has 2 heterocycles. The Morgan fingerprint density at radius 3 is 2.58 bits per heavy atom. The minimum Gasteiger partial charge on any atom is -0.383 e. The van der Waals surface area contributed by atoms with E-state index in [0.29, 0.717) is 22.9 Å². The molecule has 1 aliphatic rings. The molecule has 0 atom stereocenters. The SMILES string of the molecule is N=C(Cc1cc(F)cc(F)c1)c1c(N)ncnc1NCC1CCNCC1. The Balaban J connectivity index is 1.76. The molecular weight excluding hydrogens is 338 g/mol. The van der Waals surface area contributed by atoms with E-state index in [2.05, 4.69) is 20.6 Å². The monoisotopic (exact) mass is 360 g/mol. The second-order valence-electron chi connectivity index (χ2n) is 6.49. The van der Waals surface area contributed by atoms with Crippen LogP contribution in [0.5, 0.6) is 0 Å². The van der Waals surface area contributed by atoms with Gasteiger partial charge in [0.05, 0.1) is 11.3 Å². The molecule has 3 rings (SSSR count). The van der Waals surface area contributed by atoms with Gasteiger partial charge in [-0.15, -0.1) is 0 Å². The van der Waals surface area contributed by atoms with Crippen LogP contribution < -0.4 is 16.4 Å². The minimum absolute atomic E-state index is 0.0360. The van der Waals surface area contributed by atoms with Gasteiger partial charge >= 0.3 is 0 Å². The maximum absolute atomic E-state index is 13.4. The minimum atomic E-state index is -0.672. The molecule has 26 heavy (non-hydrogen) atoms. The number of nitrogen functional groups attached to an aromatic ring is 1. The van der Waals surface area contributed by atoms with Gasteiger partial charge in [0.25, 0.3) is 0 Å². The Labute approximate surface area is 150 Å². The summed E-state index contributed by atoms with van der Waals surface area (Å²) in [6.45, 7) is 2.71. The van der Waals surface area contributed by atoms with Gasteiger partial charge in [-0.2, -0.15) is 0 Å². The van der Waals surface area contributed by atoms with Crippen molar-refractivity contribution in [2.45, 2.75) is 19.3 Å². The second-order valence-corrected chi connectivity index (χ2v) is 6.49. The lowest BCUT2D eigenvalue weighted by Crippen LogP contribution is -2.31. The van der Waals surface area contributed by atoms with E-state index < -0.39 is 11.6 Å². The van der Waals surface area contributed by atoms with E-state index >= 15 is 0 Å². The Morgan fingerprint density at radius 2 is 1.88 bits per heavy atom. The number of anilines is 2. The maximum Gasteiger partial charge on any atom is 0.140 e. The van der Waals surface area contributed by atoms with E-state index in [1.54, 1.807) is 0 Å². The Hall–Kier alpha value is -2.61. The van der Waals surface area contributed by atoms with Crippen LogP contribution >= 0.6 is 0 Å². The maximum atomic E-state index is 13.4. The first kappa shape index (κ1) is 18.2. The predicted molar refractivity (Wildman–Crippen MR) is 97.4 cm³/mol. The molecular formula is C18H22F2N6. The summed E-state index contributed by atoms with van der Waals surface area (Å²) >= 11 is 0. The Kier molecular flexibility index (Phi) is 5.72. The van der Waals surface area contributed by atoms with E-state index in [1.807, 2.05) is 0 Å². The lowest BCUT2D eigenvalue weighted by molar-refractivity contribution is 0.389. The zero-order valence-corrected chi connectivity index (χ0v) is 14.4. The van der Waals surface area contributed by atoms with Gasteiger partial charge in [-0.1, -0.05) is 0 Å². The molecule has 1 saturated heterocycles. The number of nitrogens with one attached hydrogen (secondary N) is 3. The van der Waals surface area contributed by atoms with Gasteiger partial charge in [-0.05, 0) is 49.5 Å². The number of hydrogen-bond donors (Lipinski definition) is 4. The third-order valence-electron chi connectivity index (χ3n) is 4.50. The molecule has 2 aromatic rings. The van der Waals surface area contributed by atoms with Crippen molar-refractivity contribution in [3.8, 4) is 0 Å². The van der Waals surface area contributed by atoms with Gasteiger partial charge in [-0.3, -0.25) is 0 Å². The second kappa shape index (κ2) is 8.18. The van der Waals surface area contributed by atoms with Crippen LogP contribution in [0.15, 0.2) is 24.5 Å². The van der Waals surface area contributed by atoms with Gasteiger partial charge < -0.3 is 21.8 Å². The normalized spacial score (nSPS) is 15.0. The fraction of sp³-hybridized carbons (Fsp3) is 0.389. The summed E-state index contributed by atoms with van der Waals surface area (Å²) < 4.78 is 26.8. The highest BCUT2D eigenvalue weighted by Crippen LogP contribution is 2.22. The van der Waals surface area contributed by atoms with Crippen LogP contribution in [0.25, 0.3) is 0 Å². The van der Waals surface area contributed by atoms with Crippen molar-refractivity contribution in [1.82, 2.24) is 15.3 Å². The van der Waals surface area contributed by atoms with E-state index in [0.717, 1.165) is 38.5 Å². The molecule has 0 amide bonds. The van der Waals surface area contributed by atoms with Crippen molar-refractivity contribution in [3.05, 3.63) is 47.3 Å². The number of halogens is 2. The number of benzene rings is 1. The summed E-state index contributed by atoms with van der Waals surface area (Å²) in [5.41, 5.74) is 6.81. The standard InChI is InChI=1S/C18H22F2N6/c19-13-5-12(6-14(20)8-13)7-15(21)16-17(22)25-10-26-18(16)24-9-11-1-3-23-4-2-11/h5-6,8,10-11,21,23H,1-4,7,9H2,(H3,22,24,25,26). The first-order valence-corrected chi connectivity index (χ1v) is 8.60. The van der Waals surface area contributed by atoms with E-state index in [-0.39, 0.29) is 18.0 Å². The van der Waals surface area contributed by atoms with E-state index in [9.17, 15) is 8.78 Å². The summed E-state index contributed by atoms with van der Waals surface area (Å²) in [5, 5.41) is 14.9. The summed E-state index contributed by atoms with van der Waals surface area (Å²) in [5.74, 6) is -0.164. The van der Waals surface area contributed by atoms with Crippen molar-refractivity contribution in [2.24, 2.45) is 5.92 Å². The lowest BCUT2D eigenvalue weighted by atomic mass is 9.98. The molecule has 1 aromatic heterocycles. The number of rotatable bonds is 6. The zero-order valence-electron chi connectivity index (χ0n) is 14.4. The van der Waals surface area contributed by atoms with Crippen molar-refractivity contribution in [3.63, 3.8) is 0 Å². The molecule has 0 saturated carbocycles. The molecule has 0 spiro atoms. The molecule has 1 aliphatic heterocycles. The highest BCUT2D eigenvalue weighted by atomic mass is 19.1. The van der Waals surface area contributed by atoms with Crippen molar-refractivity contribution in [1.29, 1.82) is 5.41 Å². The van der Waals surface area contributed by atoms with Gasteiger partial charge in [-0.25, -0.2) is 18.7 Å². The zero-order chi connectivity index (χ0) is 18.5. The van der Waals surface area contributed by atoms with Crippen LogP contribution in [0.4, 0.5) is 20.4 Å². The molecule has 0 radical (unpaired) electrons. The number of hydrogen-bond acceptors (Lipinski definition) is 6. The quantitative estimate of drug-likeness (QED) is 0.593. The molecule has 1 fully saturated rings. The third-order valence-corrected chi connectivity index (χ3v) is 4.50. The molecule has 0 bridgehead atoms. The summed E-state index contributed by atoms with van der Waals surface area (Å²) in [6, 6.07) is 3.22. The third kappa shape index (κ3) is 4.51. The van der Waals surface area contributed by atoms with Gasteiger partial charge in [0.15, 0.2) is 0 Å². The predicted octanol–water partition coefficient (Wildman–Crippen LogP) is 2.36. The Bertz CT molecular complexity index is 769. The first-order valence-electron chi connectivity index (χ1n) is 8.60. The number of piperidine rings is 1.